The van der Waals surface area contributed by atoms with Gasteiger partial charge in [0.15, 0.2) is 0 Å². The minimum atomic E-state index is -3.99. The molecule has 0 atom stereocenters. The predicted molar refractivity (Wildman–Crippen MR) is 90.4 cm³/mol. The predicted octanol–water partition coefficient (Wildman–Crippen LogP) is 2.10. The van der Waals surface area contributed by atoms with Crippen molar-refractivity contribution in [3.05, 3.63) is 59.9 Å². The molecule has 1 amide bonds. The molecule has 0 aliphatic carbocycles. The lowest BCUT2D eigenvalue weighted by Crippen LogP contribution is -2.40. The van der Waals surface area contributed by atoms with E-state index in [2.05, 4.69) is 5.32 Å². The van der Waals surface area contributed by atoms with Crippen LogP contribution in [-0.2, 0) is 14.8 Å². The number of ether oxygens (including phenoxy) is 1. The Bertz CT molecular complexity index is 865. The van der Waals surface area contributed by atoms with Crippen LogP contribution in [0, 0.1) is 5.82 Å². The Morgan fingerprint density at radius 1 is 1.08 bits per heavy atom. The van der Waals surface area contributed by atoms with Crippen molar-refractivity contribution in [3.63, 3.8) is 0 Å². The molecule has 1 N–H and O–H groups in total. The van der Waals surface area contributed by atoms with Gasteiger partial charge < -0.3 is 10.1 Å². The van der Waals surface area contributed by atoms with Crippen molar-refractivity contribution < 1.29 is 22.3 Å². The number of nitrogens with zero attached hydrogens (tertiary/aromatic N) is 1. The molecule has 0 bridgehead atoms. The van der Waals surface area contributed by atoms with Crippen LogP contribution in [-0.4, -0.2) is 44.9 Å². The maximum absolute atomic E-state index is 14.1. The number of carbonyl (C=O) groups is 1. The second kappa shape index (κ2) is 7.30. The van der Waals surface area contributed by atoms with E-state index in [1.165, 1.54) is 10.4 Å². The van der Waals surface area contributed by atoms with Crippen molar-refractivity contribution in [3.8, 4) is 0 Å². The zero-order chi connectivity index (χ0) is 17.9. The first-order valence-electron chi connectivity index (χ1n) is 7.72. The van der Waals surface area contributed by atoms with Crippen LogP contribution >= 0.6 is 0 Å². The fourth-order valence-corrected chi connectivity index (χ4v) is 4.00. The number of morpholine rings is 1. The highest BCUT2D eigenvalue weighted by Gasteiger charge is 2.29. The molecule has 6 nitrogen and oxygen atoms in total. The number of sulfonamides is 1. The molecule has 2 aromatic rings. The highest BCUT2D eigenvalue weighted by molar-refractivity contribution is 7.89. The standard InChI is InChI=1S/C17H17FN2O4S/c18-15-7-6-14(19-17(21)13-4-2-1-3-5-13)12-16(15)25(22,23)20-8-10-24-11-9-20/h1-7,12H,8-11H2,(H,19,21). The van der Waals surface area contributed by atoms with Gasteiger partial charge in [0.05, 0.1) is 13.2 Å². The smallest absolute Gasteiger partial charge is 0.255 e. The normalized spacial score (nSPS) is 15.7. The summed E-state index contributed by atoms with van der Waals surface area (Å²) >= 11 is 0. The summed E-state index contributed by atoms with van der Waals surface area (Å²) in [6.45, 7) is 0.876. The average molecular weight is 364 g/mol. The summed E-state index contributed by atoms with van der Waals surface area (Å²) in [4.78, 5) is 11.7. The van der Waals surface area contributed by atoms with Gasteiger partial charge in [-0.25, -0.2) is 12.8 Å². The lowest BCUT2D eigenvalue weighted by atomic mass is 10.2. The van der Waals surface area contributed by atoms with Gasteiger partial charge in [0.1, 0.15) is 10.7 Å². The summed E-state index contributed by atoms with van der Waals surface area (Å²) in [5, 5.41) is 2.59. The van der Waals surface area contributed by atoms with Crippen molar-refractivity contribution in [2.45, 2.75) is 4.90 Å². The van der Waals surface area contributed by atoms with Crippen LogP contribution < -0.4 is 5.32 Å². The SMILES string of the molecule is O=C(Nc1ccc(F)c(S(=O)(=O)N2CCOCC2)c1)c1ccccc1. The molecular formula is C17H17FN2O4S. The van der Waals surface area contributed by atoms with Gasteiger partial charge in [-0.05, 0) is 30.3 Å². The molecule has 0 saturated carbocycles. The summed E-state index contributed by atoms with van der Waals surface area (Å²) in [5.74, 6) is -1.26. The monoisotopic (exact) mass is 364 g/mol. The summed E-state index contributed by atoms with van der Waals surface area (Å²) in [6.07, 6.45) is 0. The van der Waals surface area contributed by atoms with Crippen molar-refractivity contribution in [2.24, 2.45) is 0 Å². The van der Waals surface area contributed by atoms with Gasteiger partial charge in [0, 0.05) is 24.3 Å². The molecule has 0 radical (unpaired) electrons. The van der Waals surface area contributed by atoms with E-state index in [1.807, 2.05) is 0 Å². The van der Waals surface area contributed by atoms with E-state index in [1.54, 1.807) is 30.3 Å². The molecule has 132 valence electrons. The van der Waals surface area contributed by atoms with Crippen molar-refractivity contribution >= 4 is 21.6 Å². The number of hydrogen-bond acceptors (Lipinski definition) is 4. The fourth-order valence-electron chi connectivity index (χ4n) is 2.50. The van der Waals surface area contributed by atoms with Crippen molar-refractivity contribution in [1.82, 2.24) is 4.31 Å². The highest BCUT2D eigenvalue weighted by atomic mass is 32.2. The Labute approximate surface area is 145 Å². The molecule has 1 saturated heterocycles. The molecule has 1 heterocycles. The van der Waals surface area contributed by atoms with Crippen LogP contribution in [0.15, 0.2) is 53.4 Å². The molecule has 25 heavy (non-hydrogen) atoms. The third-order valence-corrected chi connectivity index (χ3v) is 5.73. The first kappa shape index (κ1) is 17.5. The van der Waals surface area contributed by atoms with E-state index in [0.29, 0.717) is 5.56 Å². The molecule has 0 spiro atoms. The second-order valence-electron chi connectivity index (χ2n) is 5.48. The lowest BCUT2D eigenvalue weighted by Gasteiger charge is -2.26. The lowest BCUT2D eigenvalue weighted by molar-refractivity contribution is 0.0729. The van der Waals surface area contributed by atoms with E-state index in [9.17, 15) is 17.6 Å². The summed E-state index contributed by atoms with van der Waals surface area (Å²) < 4.78 is 45.7. The Hall–Kier alpha value is -2.29. The summed E-state index contributed by atoms with van der Waals surface area (Å²) in [5.41, 5.74) is 0.631. The number of halogens is 1. The van der Waals surface area contributed by atoms with Crippen LogP contribution in [0.4, 0.5) is 10.1 Å². The molecule has 8 heteroatoms. The van der Waals surface area contributed by atoms with Gasteiger partial charge in [-0.1, -0.05) is 18.2 Å². The summed E-state index contributed by atoms with van der Waals surface area (Å²) in [6, 6.07) is 12.0. The quantitative estimate of drug-likeness (QED) is 0.901. The zero-order valence-electron chi connectivity index (χ0n) is 13.3. The summed E-state index contributed by atoms with van der Waals surface area (Å²) in [7, 11) is -3.99. The highest BCUT2D eigenvalue weighted by Crippen LogP contribution is 2.24. The Morgan fingerprint density at radius 2 is 1.76 bits per heavy atom. The number of amides is 1. The molecule has 2 aromatic carbocycles. The Morgan fingerprint density at radius 3 is 2.44 bits per heavy atom. The number of hydrogen-bond donors (Lipinski definition) is 1. The van der Waals surface area contributed by atoms with E-state index in [-0.39, 0.29) is 32.0 Å². The molecule has 3 rings (SSSR count). The van der Waals surface area contributed by atoms with Crippen molar-refractivity contribution in [1.29, 1.82) is 0 Å². The molecule has 0 aromatic heterocycles. The first-order chi connectivity index (χ1) is 12.0. The van der Waals surface area contributed by atoms with Crippen LogP contribution in [0.2, 0.25) is 0 Å². The Balaban J connectivity index is 1.86. The topological polar surface area (TPSA) is 75.7 Å². The molecular weight excluding hydrogens is 347 g/mol. The van der Waals surface area contributed by atoms with E-state index in [4.69, 9.17) is 4.74 Å². The molecule has 1 fully saturated rings. The van der Waals surface area contributed by atoms with Gasteiger partial charge in [0.2, 0.25) is 10.0 Å². The zero-order valence-corrected chi connectivity index (χ0v) is 14.1. The first-order valence-corrected chi connectivity index (χ1v) is 9.16. The van der Waals surface area contributed by atoms with Gasteiger partial charge in [-0.3, -0.25) is 4.79 Å². The molecule has 1 aliphatic rings. The minimum absolute atomic E-state index is 0.169. The van der Waals surface area contributed by atoms with Gasteiger partial charge in [-0.2, -0.15) is 4.31 Å². The van der Waals surface area contributed by atoms with Crippen LogP contribution in [0.1, 0.15) is 10.4 Å². The van der Waals surface area contributed by atoms with Gasteiger partial charge >= 0.3 is 0 Å². The van der Waals surface area contributed by atoms with Crippen LogP contribution in [0.5, 0.6) is 0 Å². The number of carbonyl (C=O) groups excluding carboxylic acids is 1. The van der Waals surface area contributed by atoms with Crippen molar-refractivity contribution in [2.75, 3.05) is 31.6 Å². The average Bonchev–Trinajstić information content (AvgIpc) is 2.64. The van der Waals surface area contributed by atoms with Crippen LogP contribution in [0.25, 0.3) is 0 Å². The molecule has 1 aliphatic heterocycles. The van der Waals surface area contributed by atoms with Crippen LogP contribution in [0.3, 0.4) is 0 Å². The van der Waals surface area contributed by atoms with Gasteiger partial charge in [-0.15, -0.1) is 0 Å². The third-order valence-electron chi connectivity index (χ3n) is 3.81. The Kier molecular flexibility index (Phi) is 5.12. The molecule has 0 unspecified atom stereocenters. The number of rotatable bonds is 4. The maximum Gasteiger partial charge on any atom is 0.255 e. The fraction of sp³-hybridized carbons (Fsp3) is 0.235. The second-order valence-corrected chi connectivity index (χ2v) is 7.39. The minimum Gasteiger partial charge on any atom is -0.379 e. The number of benzene rings is 2. The number of anilines is 1. The van der Waals surface area contributed by atoms with E-state index < -0.39 is 26.6 Å². The third kappa shape index (κ3) is 3.87. The largest absolute Gasteiger partial charge is 0.379 e. The van der Waals surface area contributed by atoms with E-state index >= 15 is 0 Å². The number of nitrogens with one attached hydrogen (secondary N) is 1. The van der Waals surface area contributed by atoms with Gasteiger partial charge in [0.25, 0.3) is 5.91 Å². The maximum atomic E-state index is 14.1. The van der Waals surface area contributed by atoms with E-state index in [0.717, 1.165) is 12.1 Å².